The summed E-state index contributed by atoms with van der Waals surface area (Å²) in [6.45, 7) is 2.75. The fourth-order valence-corrected chi connectivity index (χ4v) is 1.63. The summed E-state index contributed by atoms with van der Waals surface area (Å²) in [5.74, 6) is 0. The maximum absolute atomic E-state index is 11.7. The van der Waals surface area contributed by atoms with Crippen molar-refractivity contribution in [3.63, 3.8) is 0 Å². The largest absolute Gasteiger partial charge is 0.378 e. The number of thioether (sulfide) groups is 1. The third-order valence-electron chi connectivity index (χ3n) is 1.84. The fraction of sp³-hybridized carbons (Fsp3) is 0.444. The number of hydrogen-bond acceptors (Lipinski definition) is 4. The lowest BCUT2D eigenvalue weighted by Gasteiger charge is -2.05. The Kier molecular flexibility index (Phi) is 7.07. The standard InChI is InChI=1S/C9H14N4OS.BrH/c1-2-3-5-13-6-4-12-7(8(13)14)15-9(10)11;/h4,6H,2-3,5H2,1H3,(H3,10,11);1H. The van der Waals surface area contributed by atoms with Crippen molar-refractivity contribution >= 4 is 33.9 Å². The van der Waals surface area contributed by atoms with Gasteiger partial charge in [0.05, 0.1) is 0 Å². The third kappa shape index (κ3) is 4.36. The lowest BCUT2D eigenvalue weighted by Crippen LogP contribution is -2.23. The minimum atomic E-state index is -0.175. The molecule has 5 nitrogen and oxygen atoms in total. The Morgan fingerprint density at radius 2 is 2.38 bits per heavy atom. The molecule has 90 valence electrons. The first-order valence-corrected chi connectivity index (χ1v) is 5.54. The lowest BCUT2D eigenvalue weighted by molar-refractivity contribution is 0.597. The van der Waals surface area contributed by atoms with Crippen LogP contribution in [-0.2, 0) is 6.54 Å². The van der Waals surface area contributed by atoms with E-state index in [4.69, 9.17) is 11.1 Å². The van der Waals surface area contributed by atoms with Crippen LogP contribution in [0.25, 0.3) is 0 Å². The zero-order valence-corrected chi connectivity index (χ0v) is 11.5. The summed E-state index contributed by atoms with van der Waals surface area (Å²) in [5.41, 5.74) is 5.03. The number of unbranched alkanes of at least 4 members (excludes halogenated alkanes) is 1. The van der Waals surface area contributed by atoms with Crippen LogP contribution in [0.1, 0.15) is 19.8 Å². The zero-order valence-electron chi connectivity index (χ0n) is 8.97. The summed E-state index contributed by atoms with van der Waals surface area (Å²) in [6, 6.07) is 0. The number of nitrogens with zero attached hydrogens (tertiary/aromatic N) is 2. The van der Waals surface area contributed by atoms with E-state index in [9.17, 15) is 4.79 Å². The molecule has 0 fully saturated rings. The second-order valence-electron chi connectivity index (χ2n) is 3.05. The first-order chi connectivity index (χ1) is 7.15. The molecule has 0 radical (unpaired) electrons. The van der Waals surface area contributed by atoms with E-state index in [0.29, 0.717) is 6.54 Å². The van der Waals surface area contributed by atoms with Gasteiger partial charge in [-0.2, -0.15) is 0 Å². The molecule has 3 N–H and O–H groups in total. The quantitative estimate of drug-likeness (QED) is 0.503. The summed E-state index contributed by atoms with van der Waals surface area (Å²) in [6.07, 6.45) is 5.20. The summed E-state index contributed by atoms with van der Waals surface area (Å²) in [5, 5.41) is 7.24. The normalized spacial score (nSPS) is 9.56. The molecule has 0 aromatic carbocycles. The summed E-state index contributed by atoms with van der Waals surface area (Å²) < 4.78 is 1.60. The van der Waals surface area contributed by atoms with Gasteiger partial charge in [0.2, 0.25) is 0 Å². The molecule has 0 atom stereocenters. The molecule has 1 aromatic heterocycles. The van der Waals surface area contributed by atoms with Crippen molar-refractivity contribution in [3.8, 4) is 0 Å². The zero-order chi connectivity index (χ0) is 11.3. The Morgan fingerprint density at radius 1 is 1.69 bits per heavy atom. The van der Waals surface area contributed by atoms with Crippen molar-refractivity contribution in [2.75, 3.05) is 0 Å². The number of rotatable bonds is 4. The van der Waals surface area contributed by atoms with Crippen LogP contribution in [0.15, 0.2) is 22.2 Å². The van der Waals surface area contributed by atoms with E-state index in [1.807, 2.05) is 0 Å². The Hall–Kier alpha value is -0.820. The van der Waals surface area contributed by atoms with Gasteiger partial charge in [0, 0.05) is 18.9 Å². The van der Waals surface area contributed by atoms with Crippen molar-refractivity contribution in [1.82, 2.24) is 9.55 Å². The van der Waals surface area contributed by atoms with Gasteiger partial charge in [-0.15, -0.1) is 17.0 Å². The van der Waals surface area contributed by atoms with Gasteiger partial charge >= 0.3 is 0 Å². The smallest absolute Gasteiger partial charge is 0.283 e. The molecule has 0 saturated carbocycles. The monoisotopic (exact) mass is 306 g/mol. The highest BCUT2D eigenvalue weighted by atomic mass is 79.9. The molecule has 0 bridgehead atoms. The minimum Gasteiger partial charge on any atom is -0.378 e. The molecular formula is C9H15BrN4OS. The average molecular weight is 307 g/mol. The molecule has 0 unspecified atom stereocenters. The van der Waals surface area contributed by atoms with Crippen molar-refractivity contribution in [1.29, 1.82) is 5.41 Å². The molecule has 0 aliphatic carbocycles. The lowest BCUT2D eigenvalue weighted by atomic mass is 10.3. The molecule has 1 heterocycles. The summed E-state index contributed by atoms with van der Waals surface area (Å²) >= 11 is 0.889. The fourth-order valence-electron chi connectivity index (χ4n) is 1.11. The van der Waals surface area contributed by atoms with Gasteiger partial charge in [0.1, 0.15) is 0 Å². The van der Waals surface area contributed by atoms with Gasteiger partial charge in [0.25, 0.3) is 5.56 Å². The molecule has 1 aromatic rings. The molecule has 0 aliphatic heterocycles. The molecule has 7 heteroatoms. The van der Waals surface area contributed by atoms with E-state index in [-0.39, 0.29) is 32.7 Å². The Balaban J connectivity index is 0.00000225. The Morgan fingerprint density at radius 3 is 2.94 bits per heavy atom. The van der Waals surface area contributed by atoms with E-state index >= 15 is 0 Å². The number of halogens is 1. The van der Waals surface area contributed by atoms with Crippen molar-refractivity contribution in [2.45, 2.75) is 31.3 Å². The van der Waals surface area contributed by atoms with Gasteiger partial charge in [-0.05, 0) is 18.2 Å². The molecule has 0 amide bonds. The maximum Gasteiger partial charge on any atom is 0.283 e. The van der Waals surface area contributed by atoms with Gasteiger partial charge in [-0.3, -0.25) is 10.2 Å². The molecular weight excluding hydrogens is 292 g/mol. The number of nitrogens with two attached hydrogens (primary N) is 1. The van der Waals surface area contributed by atoms with Gasteiger partial charge in [-0.1, -0.05) is 13.3 Å². The third-order valence-corrected chi connectivity index (χ3v) is 2.53. The first kappa shape index (κ1) is 15.2. The van der Waals surface area contributed by atoms with Crippen LogP contribution in [0, 0.1) is 5.41 Å². The summed E-state index contributed by atoms with van der Waals surface area (Å²) in [4.78, 5) is 15.6. The SMILES string of the molecule is Br.CCCCn1ccnc(SC(=N)N)c1=O. The average Bonchev–Trinajstić information content (AvgIpc) is 2.19. The Labute approximate surface area is 109 Å². The number of aromatic nitrogens is 2. The highest BCUT2D eigenvalue weighted by molar-refractivity contribution is 8.93. The van der Waals surface area contributed by atoms with Gasteiger partial charge in [0.15, 0.2) is 10.2 Å². The van der Waals surface area contributed by atoms with E-state index in [1.165, 1.54) is 0 Å². The second kappa shape index (κ2) is 7.45. The minimum absolute atomic E-state index is 0. The van der Waals surface area contributed by atoms with Crippen LogP contribution >= 0.6 is 28.7 Å². The molecule has 0 spiro atoms. The highest BCUT2D eigenvalue weighted by Crippen LogP contribution is 2.08. The van der Waals surface area contributed by atoms with Crippen LogP contribution in [-0.4, -0.2) is 14.7 Å². The number of amidine groups is 1. The molecule has 16 heavy (non-hydrogen) atoms. The number of nitrogens with one attached hydrogen (secondary N) is 1. The summed E-state index contributed by atoms with van der Waals surface area (Å²) in [7, 11) is 0. The Bertz CT molecular complexity index is 407. The second-order valence-corrected chi connectivity index (χ2v) is 4.08. The highest BCUT2D eigenvalue weighted by Gasteiger charge is 2.06. The van der Waals surface area contributed by atoms with Crippen molar-refractivity contribution < 1.29 is 0 Å². The molecule has 1 rings (SSSR count). The predicted octanol–water partition coefficient (Wildman–Crippen LogP) is 1.61. The van der Waals surface area contributed by atoms with E-state index in [2.05, 4.69) is 11.9 Å². The number of aryl methyl sites for hydroxylation is 1. The molecule has 0 aliphatic rings. The van der Waals surface area contributed by atoms with Crippen LogP contribution in [0.3, 0.4) is 0 Å². The van der Waals surface area contributed by atoms with E-state index in [0.717, 1.165) is 24.6 Å². The van der Waals surface area contributed by atoms with Gasteiger partial charge in [-0.25, -0.2) is 4.98 Å². The van der Waals surface area contributed by atoms with Crippen LogP contribution in [0.2, 0.25) is 0 Å². The molecule has 0 saturated heterocycles. The van der Waals surface area contributed by atoms with Crippen molar-refractivity contribution in [3.05, 3.63) is 22.7 Å². The maximum atomic E-state index is 11.7. The first-order valence-electron chi connectivity index (χ1n) is 4.72. The van der Waals surface area contributed by atoms with Crippen LogP contribution < -0.4 is 11.3 Å². The van der Waals surface area contributed by atoms with Crippen LogP contribution in [0.5, 0.6) is 0 Å². The van der Waals surface area contributed by atoms with E-state index in [1.54, 1.807) is 17.0 Å². The predicted molar refractivity (Wildman–Crippen MR) is 71.5 cm³/mol. The van der Waals surface area contributed by atoms with Gasteiger partial charge < -0.3 is 10.3 Å². The van der Waals surface area contributed by atoms with E-state index < -0.39 is 0 Å². The van der Waals surface area contributed by atoms with Crippen LogP contribution in [0.4, 0.5) is 0 Å². The number of hydrogen-bond donors (Lipinski definition) is 2. The van der Waals surface area contributed by atoms with Crippen molar-refractivity contribution in [2.24, 2.45) is 5.73 Å². The topological polar surface area (TPSA) is 84.8 Å².